The summed E-state index contributed by atoms with van der Waals surface area (Å²) >= 11 is 0. The number of rotatable bonds is 8. The third-order valence-electron chi connectivity index (χ3n) is 7.00. The first-order chi connectivity index (χ1) is 19.1. The summed E-state index contributed by atoms with van der Waals surface area (Å²) < 4.78 is 38.7. The number of carbonyl (C=O) groups is 1. The lowest BCUT2D eigenvalue weighted by atomic mass is 10.1. The van der Waals surface area contributed by atoms with Gasteiger partial charge in [-0.25, -0.2) is 27.8 Å². The first kappa shape index (κ1) is 27.6. The van der Waals surface area contributed by atoms with Crippen molar-refractivity contribution in [3.05, 3.63) is 54.2 Å². The fourth-order valence-corrected chi connectivity index (χ4v) is 5.76. The molecule has 0 aliphatic carbocycles. The molecule has 1 aliphatic heterocycles. The Labute approximate surface area is 230 Å². The van der Waals surface area contributed by atoms with E-state index in [4.69, 9.17) is 0 Å². The Morgan fingerprint density at radius 1 is 1.30 bits per heavy atom. The number of pyridine rings is 1. The summed E-state index contributed by atoms with van der Waals surface area (Å²) in [6.07, 6.45) is 6.68. The average Bonchev–Trinajstić information content (AvgIpc) is 3.53. The molecular weight excluding hydrogens is 537 g/mol. The second-order valence-corrected chi connectivity index (χ2v) is 11.9. The topological polar surface area (TPSA) is 153 Å². The molecular formula is C27H30FN7O4S. The number of amides is 1. The highest BCUT2D eigenvalue weighted by molar-refractivity contribution is 7.90. The van der Waals surface area contributed by atoms with E-state index in [1.54, 1.807) is 24.7 Å². The van der Waals surface area contributed by atoms with E-state index in [1.807, 2.05) is 18.7 Å². The van der Waals surface area contributed by atoms with Crippen LogP contribution in [0.3, 0.4) is 0 Å². The Morgan fingerprint density at radius 2 is 2.10 bits per heavy atom. The Morgan fingerprint density at radius 3 is 2.80 bits per heavy atom. The number of fused-ring (bicyclic) bond motifs is 1. The number of nitrogens with zero attached hydrogens (tertiary/aromatic N) is 4. The van der Waals surface area contributed by atoms with Gasteiger partial charge in [0, 0.05) is 48.9 Å². The third kappa shape index (κ3) is 5.40. The van der Waals surface area contributed by atoms with Gasteiger partial charge in [0.25, 0.3) is 0 Å². The van der Waals surface area contributed by atoms with Gasteiger partial charge in [0.1, 0.15) is 4.90 Å². The van der Waals surface area contributed by atoms with Gasteiger partial charge in [0.15, 0.2) is 21.5 Å². The number of aliphatic hydroxyl groups excluding tert-OH is 1. The molecule has 13 heteroatoms. The van der Waals surface area contributed by atoms with Gasteiger partial charge in [-0.05, 0) is 43.5 Å². The van der Waals surface area contributed by atoms with E-state index in [9.17, 15) is 22.7 Å². The monoisotopic (exact) mass is 567 g/mol. The number of benzene rings is 1. The molecule has 2 atom stereocenters. The molecule has 1 fully saturated rings. The molecule has 11 nitrogen and oxygen atoms in total. The van der Waals surface area contributed by atoms with Crippen LogP contribution in [0.1, 0.15) is 25.3 Å². The summed E-state index contributed by atoms with van der Waals surface area (Å²) in [5.74, 6) is -0.656. The number of aromatic nitrogens is 4. The van der Waals surface area contributed by atoms with Crippen molar-refractivity contribution in [1.29, 1.82) is 0 Å². The summed E-state index contributed by atoms with van der Waals surface area (Å²) in [6, 6.07) is 5.46. The highest BCUT2D eigenvalue weighted by Crippen LogP contribution is 2.33. The number of aromatic amines is 1. The molecule has 1 amide bonds. The van der Waals surface area contributed by atoms with E-state index in [2.05, 4.69) is 30.6 Å². The molecule has 0 radical (unpaired) electrons. The number of halogens is 1. The lowest BCUT2D eigenvalue weighted by Crippen LogP contribution is -2.43. The number of hydrogen-bond acceptors (Lipinski definition) is 9. The Bertz CT molecular complexity index is 1690. The Balaban J connectivity index is 1.44. The number of anilines is 3. The van der Waals surface area contributed by atoms with Crippen LogP contribution in [-0.4, -0.2) is 75.8 Å². The van der Waals surface area contributed by atoms with Crippen LogP contribution in [0.2, 0.25) is 0 Å². The van der Waals surface area contributed by atoms with Crippen LogP contribution in [-0.2, 0) is 14.6 Å². The van der Waals surface area contributed by atoms with Gasteiger partial charge in [-0.2, -0.15) is 0 Å². The predicted molar refractivity (Wildman–Crippen MR) is 150 cm³/mol. The van der Waals surface area contributed by atoms with E-state index in [0.29, 0.717) is 43.0 Å². The van der Waals surface area contributed by atoms with E-state index >= 15 is 0 Å². The SMILES string of the molecule is CCC(C(=O)Nc1nccc2c(-c3nc(Nc4cccc(S(C)(=O)=O)c4F)ncc3C)c[nH]c12)N1CCC(O)C1. The minimum atomic E-state index is -3.76. The average molecular weight is 568 g/mol. The van der Waals surface area contributed by atoms with Crippen LogP contribution in [0.5, 0.6) is 0 Å². The zero-order chi connectivity index (χ0) is 28.6. The van der Waals surface area contributed by atoms with Crippen LogP contribution < -0.4 is 10.6 Å². The van der Waals surface area contributed by atoms with E-state index in [1.165, 1.54) is 18.2 Å². The minimum absolute atomic E-state index is 0.0677. The predicted octanol–water partition coefficient (Wildman–Crippen LogP) is 3.40. The summed E-state index contributed by atoms with van der Waals surface area (Å²) in [6.45, 7) is 4.89. The third-order valence-corrected chi connectivity index (χ3v) is 8.12. The molecule has 4 heterocycles. The molecule has 1 aliphatic rings. The van der Waals surface area contributed by atoms with Crippen molar-refractivity contribution >= 4 is 44.1 Å². The van der Waals surface area contributed by atoms with Gasteiger partial charge in [0.2, 0.25) is 11.9 Å². The lowest BCUT2D eigenvalue weighted by molar-refractivity contribution is -0.121. The summed E-state index contributed by atoms with van der Waals surface area (Å²) in [4.78, 5) is 31.1. The lowest BCUT2D eigenvalue weighted by Gasteiger charge is -2.25. The van der Waals surface area contributed by atoms with Crippen molar-refractivity contribution in [3.8, 4) is 11.3 Å². The highest BCUT2D eigenvalue weighted by atomic mass is 32.2. The van der Waals surface area contributed by atoms with E-state index in [-0.39, 0.29) is 23.6 Å². The number of sulfone groups is 1. The van der Waals surface area contributed by atoms with E-state index < -0.39 is 26.7 Å². The maximum Gasteiger partial charge on any atom is 0.242 e. The molecule has 210 valence electrons. The molecule has 40 heavy (non-hydrogen) atoms. The van der Waals surface area contributed by atoms with Gasteiger partial charge < -0.3 is 20.7 Å². The standard InChI is InChI=1S/C27H30FN7O4S/c1-4-20(35-11-9-16(36)14-35)26(37)34-25-24-17(8-10-29-25)18(13-30-24)23-15(2)12-31-27(33-23)32-19-6-5-7-21(22(19)28)40(3,38)39/h5-8,10,12-13,16,20,30,36H,4,9,11,14H2,1-3H3,(H,29,34,37)(H,31,32,33). The molecule has 0 saturated carbocycles. The van der Waals surface area contributed by atoms with Crippen LogP contribution >= 0.6 is 0 Å². The zero-order valence-electron chi connectivity index (χ0n) is 22.3. The number of hydrogen-bond donors (Lipinski definition) is 4. The largest absolute Gasteiger partial charge is 0.392 e. The molecule has 1 aromatic carbocycles. The maximum atomic E-state index is 14.9. The van der Waals surface area contributed by atoms with Gasteiger partial charge in [-0.3, -0.25) is 9.69 Å². The molecule has 3 aromatic heterocycles. The maximum absolute atomic E-state index is 14.9. The second kappa shape index (κ2) is 10.9. The molecule has 1 saturated heterocycles. The molecule has 0 spiro atoms. The fourth-order valence-electron chi connectivity index (χ4n) is 4.99. The summed E-state index contributed by atoms with van der Waals surface area (Å²) in [7, 11) is -3.76. The van der Waals surface area contributed by atoms with Gasteiger partial charge in [-0.15, -0.1) is 0 Å². The number of nitrogens with one attached hydrogen (secondary N) is 3. The Kier molecular flexibility index (Phi) is 7.53. The summed E-state index contributed by atoms with van der Waals surface area (Å²) in [5, 5.41) is 16.4. The fraction of sp³-hybridized carbons (Fsp3) is 0.333. The number of carbonyl (C=O) groups excluding carboxylic acids is 1. The van der Waals surface area contributed by atoms with Crippen molar-refractivity contribution in [2.45, 2.75) is 43.7 Å². The molecule has 2 unspecified atom stereocenters. The molecule has 0 bridgehead atoms. The van der Waals surface area contributed by atoms with Crippen LogP contribution in [0.4, 0.5) is 21.8 Å². The number of β-amino-alcohol motifs (C(OH)–C–C–N with tert-alkyl or cyclic N) is 1. The van der Waals surface area contributed by atoms with Crippen molar-refractivity contribution in [1.82, 2.24) is 24.8 Å². The van der Waals surface area contributed by atoms with Crippen LogP contribution in [0, 0.1) is 12.7 Å². The number of aryl methyl sites for hydroxylation is 1. The highest BCUT2D eigenvalue weighted by Gasteiger charge is 2.31. The Hall–Kier alpha value is -3.94. The van der Waals surface area contributed by atoms with Crippen LogP contribution in [0.25, 0.3) is 22.2 Å². The second-order valence-electron chi connectivity index (χ2n) is 9.88. The number of aliphatic hydroxyl groups is 1. The van der Waals surface area contributed by atoms with Gasteiger partial charge in [-0.1, -0.05) is 13.0 Å². The van der Waals surface area contributed by atoms with Crippen molar-refractivity contribution < 1.29 is 22.7 Å². The van der Waals surface area contributed by atoms with Crippen LogP contribution in [0.15, 0.2) is 47.8 Å². The number of likely N-dealkylation sites (tertiary alicyclic amines) is 1. The van der Waals surface area contributed by atoms with Crippen molar-refractivity contribution in [2.24, 2.45) is 0 Å². The normalized spacial score (nSPS) is 16.8. The summed E-state index contributed by atoms with van der Waals surface area (Å²) in [5.41, 5.74) is 2.57. The zero-order valence-corrected chi connectivity index (χ0v) is 23.1. The van der Waals surface area contributed by atoms with Gasteiger partial charge >= 0.3 is 0 Å². The first-order valence-electron chi connectivity index (χ1n) is 12.9. The number of H-pyrrole nitrogens is 1. The van der Waals surface area contributed by atoms with Crippen molar-refractivity contribution in [3.63, 3.8) is 0 Å². The molecule has 4 aromatic rings. The molecule has 4 N–H and O–H groups in total. The van der Waals surface area contributed by atoms with Crippen molar-refractivity contribution in [2.75, 3.05) is 30.0 Å². The van der Waals surface area contributed by atoms with Gasteiger partial charge in [0.05, 0.1) is 29.0 Å². The van der Waals surface area contributed by atoms with E-state index in [0.717, 1.165) is 22.8 Å². The first-order valence-corrected chi connectivity index (χ1v) is 14.7. The quantitative estimate of drug-likeness (QED) is 0.251. The minimum Gasteiger partial charge on any atom is -0.392 e. The molecule has 5 rings (SSSR count). The smallest absolute Gasteiger partial charge is 0.242 e.